The van der Waals surface area contributed by atoms with Crippen molar-refractivity contribution in [3.8, 4) is 11.3 Å². The summed E-state index contributed by atoms with van der Waals surface area (Å²) in [7, 11) is -3.71. The first kappa shape index (κ1) is 22.5. The second kappa shape index (κ2) is 9.52. The van der Waals surface area contributed by atoms with Gasteiger partial charge in [0.1, 0.15) is 5.65 Å². The highest BCUT2D eigenvalue weighted by atomic mass is 32.2. The van der Waals surface area contributed by atoms with E-state index in [4.69, 9.17) is 0 Å². The molecule has 9 heteroatoms. The summed E-state index contributed by atoms with van der Waals surface area (Å²) in [4.78, 5) is 21.4. The number of rotatable bonds is 10. The number of imidazole rings is 1. The van der Waals surface area contributed by atoms with Crippen LogP contribution in [-0.4, -0.2) is 36.3 Å². The maximum atomic E-state index is 12.6. The maximum Gasteiger partial charge on any atom is 0.299 e. The van der Waals surface area contributed by atoms with E-state index >= 15 is 0 Å². The van der Waals surface area contributed by atoms with E-state index in [-0.39, 0.29) is 12.3 Å². The molecule has 0 radical (unpaired) electrons. The van der Waals surface area contributed by atoms with E-state index < -0.39 is 10.2 Å². The molecule has 1 fully saturated rings. The Hall–Kier alpha value is -3.30. The number of carbonyl (C=O) groups is 1. The Bertz CT molecular complexity index is 1390. The zero-order valence-electron chi connectivity index (χ0n) is 18.8. The van der Waals surface area contributed by atoms with Gasteiger partial charge in [-0.1, -0.05) is 37.5 Å². The minimum absolute atomic E-state index is 0.168. The summed E-state index contributed by atoms with van der Waals surface area (Å²) in [5, 5.41) is 0. The number of nitrogens with zero attached hydrogens (tertiary/aromatic N) is 3. The van der Waals surface area contributed by atoms with Crippen LogP contribution in [0.25, 0.3) is 16.9 Å². The van der Waals surface area contributed by atoms with Gasteiger partial charge in [-0.15, -0.1) is 0 Å². The Morgan fingerprint density at radius 3 is 2.79 bits per heavy atom. The number of Topliss-reactive ketones (excluding diaryl/α,β-unsaturated/α-hetero) is 1. The number of allylic oxidation sites excluding steroid dienone is 1. The van der Waals surface area contributed by atoms with Gasteiger partial charge in [-0.05, 0) is 30.2 Å². The Balaban J connectivity index is 1.27. The van der Waals surface area contributed by atoms with Gasteiger partial charge in [0, 0.05) is 61.2 Å². The molecule has 2 N–H and O–H groups in total. The fourth-order valence-corrected chi connectivity index (χ4v) is 5.08. The lowest BCUT2D eigenvalue weighted by Crippen LogP contribution is -2.31. The van der Waals surface area contributed by atoms with Gasteiger partial charge in [-0.25, -0.2) is 4.98 Å². The summed E-state index contributed by atoms with van der Waals surface area (Å²) in [6, 6.07) is 10.8. The first-order chi connectivity index (χ1) is 16.4. The Kier molecular flexibility index (Phi) is 6.30. The van der Waals surface area contributed by atoms with Gasteiger partial charge in [0.25, 0.3) is 10.2 Å². The highest BCUT2D eigenvalue weighted by Gasteiger charge is 2.21. The highest BCUT2D eigenvalue weighted by Crippen LogP contribution is 2.30. The molecule has 2 aromatic heterocycles. The predicted octanol–water partition coefficient (Wildman–Crippen LogP) is 4.37. The number of nitrogens with one attached hydrogen (secondary N) is 2. The summed E-state index contributed by atoms with van der Waals surface area (Å²) in [5.41, 5.74) is 4.23. The molecular weight excluding hydrogens is 450 g/mol. The number of fused-ring (bicyclic) bond motifs is 1. The van der Waals surface area contributed by atoms with Crippen molar-refractivity contribution in [2.75, 3.05) is 11.3 Å². The standard InChI is InChI=1S/C25H27N5O3S/c31-24(14-18-4-1-5-18)20-9-10-25-28-23(17-30(25)16-20)19-6-2-7-22(15-19)29-34(32,33)27-13-11-21-8-3-12-26-21/h2,6-10,12,15-18,27,29H,1,3-5,11,13-14H2. The van der Waals surface area contributed by atoms with Crippen molar-refractivity contribution in [2.24, 2.45) is 10.9 Å². The normalized spacial score (nSPS) is 15.9. The lowest BCUT2D eigenvalue weighted by molar-refractivity contribution is 0.0936. The van der Waals surface area contributed by atoms with Gasteiger partial charge in [-0.3, -0.25) is 14.5 Å². The minimum Gasteiger partial charge on any atom is -0.306 e. The van der Waals surface area contributed by atoms with Crippen LogP contribution in [-0.2, 0) is 10.2 Å². The van der Waals surface area contributed by atoms with Crippen molar-refractivity contribution in [1.29, 1.82) is 0 Å². The van der Waals surface area contributed by atoms with E-state index in [1.807, 2.05) is 41.1 Å². The van der Waals surface area contributed by atoms with E-state index in [2.05, 4.69) is 19.4 Å². The van der Waals surface area contributed by atoms with Crippen LogP contribution in [0.4, 0.5) is 5.69 Å². The number of aromatic nitrogens is 2. The van der Waals surface area contributed by atoms with Gasteiger partial charge in [-0.2, -0.15) is 13.1 Å². The Morgan fingerprint density at radius 1 is 1.15 bits per heavy atom. The van der Waals surface area contributed by atoms with Crippen LogP contribution in [0.3, 0.4) is 0 Å². The number of hydrogen-bond donors (Lipinski definition) is 2. The molecule has 34 heavy (non-hydrogen) atoms. The monoisotopic (exact) mass is 477 g/mol. The number of ketones is 1. The topological polar surface area (TPSA) is 105 Å². The van der Waals surface area contributed by atoms with Crippen molar-refractivity contribution >= 4 is 33.5 Å². The SMILES string of the molecule is O=C(CC1CCC1)c1ccc2nc(-c3cccc(NS(=O)(=O)NCCC4=CCC=N4)c3)cn2c1. The Labute approximate surface area is 199 Å². The zero-order chi connectivity index (χ0) is 23.5. The van der Waals surface area contributed by atoms with E-state index in [0.29, 0.717) is 35.7 Å². The van der Waals surface area contributed by atoms with Crippen molar-refractivity contribution in [3.63, 3.8) is 0 Å². The molecule has 0 atom stereocenters. The van der Waals surface area contributed by atoms with Crippen LogP contribution in [0.5, 0.6) is 0 Å². The number of benzene rings is 1. The fraction of sp³-hybridized carbons (Fsp3) is 0.320. The molecule has 1 saturated carbocycles. The first-order valence-corrected chi connectivity index (χ1v) is 13.0. The van der Waals surface area contributed by atoms with E-state index in [9.17, 15) is 13.2 Å². The molecule has 0 saturated heterocycles. The molecule has 0 unspecified atom stereocenters. The smallest absolute Gasteiger partial charge is 0.299 e. The van der Waals surface area contributed by atoms with Crippen LogP contribution in [0.15, 0.2) is 65.6 Å². The fourth-order valence-electron chi connectivity index (χ4n) is 4.20. The molecule has 0 amide bonds. The summed E-state index contributed by atoms with van der Waals surface area (Å²) in [5.74, 6) is 0.692. The van der Waals surface area contributed by atoms with Crippen LogP contribution in [0, 0.1) is 5.92 Å². The molecule has 3 heterocycles. The number of aliphatic imine (C=N–C) groups is 1. The summed E-state index contributed by atoms with van der Waals surface area (Å²) >= 11 is 0. The summed E-state index contributed by atoms with van der Waals surface area (Å²) in [6.07, 6.45) is 12.9. The summed E-state index contributed by atoms with van der Waals surface area (Å²) < 4.78 is 31.8. The number of hydrogen-bond acceptors (Lipinski definition) is 5. The lowest BCUT2D eigenvalue weighted by atomic mass is 9.81. The first-order valence-electron chi connectivity index (χ1n) is 11.6. The third-order valence-electron chi connectivity index (χ3n) is 6.27. The van der Waals surface area contributed by atoms with Crippen LogP contribution >= 0.6 is 0 Å². The van der Waals surface area contributed by atoms with Crippen LogP contribution in [0.2, 0.25) is 0 Å². The molecule has 1 aliphatic heterocycles. The third kappa shape index (κ3) is 5.26. The van der Waals surface area contributed by atoms with E-state index in [1.54, 1.807) is 24.4 Å². The predicted molar refractivity (Wildman–Crippen MR) is 133 cm³/mol. The van der Waals surface area contributed by atoms with Gasteiger partial charge >= 0.3 is 0 Å². The van der Waals surface area contributed by atoms with Crippen molar-refractivity contribution < 1.29 is 13.2 Å². The van der Waals surface area contributed by atoms with Gasteiger partial charge in [0.05, 0.1) is 11.4 Å². The number of carbonyl (C=O) groups excluding carboxylic acids is 1. The quantitative estimate of drug-likeness (QED) is 0.423. The zero-order valence-corrected chi connectivity index (χ0v) is 19.6. The molecule has 8 nitrogen and oxygen atoms in total. The minimum atomic E-state index is -3.71. The highest BCUT2D eigenvalue weighted by molar-refractivity contribution is 7.90. The van der Waals surface area contributed by atoms with E-state index in [0.717, 1.165) is 36.2 Å². The van der Waals surface area contributed by atoms with Crippen LogP contribution in [0.1, 0.15) is 48.9 Å². The third-order valence-corrected chi connectivity index (χ3v) is 7.36. The maximum absolute atomic E-state index is 12.6. The second-order valence-electron chi connectivity index (χ2n) is 8.81. The number of pyridine rings is 1. The summed E-state index contributed by atoms with van der Waals surface area (Å²) in [6.45, 7) is 0.270. The number of anilines is 1. The van der Waals surface area contributed by atoms with Crippen molar-refractivity contribution in [3.05, 3.63) is 66.1 Å². The molecule has 176 valence electrons. The molecule has 1 aromatic carbocycles. The average molecular weight is 478 g/mol. The van der Waals surface area contributed by atoms with Crippen molar-refractivity contribution in [1.82, 2.24) is 14.1 Å². The molecular formula is C25H27N5O3S. The van der Waals surface area contributed by atoms with E-state index in [1.165, 1.54) is 6.42 Å². The molecule has 5 rings (SSSR count). The second-order valence-corrected chi connectivity index (χ2v) is 10.3. The molecule has 3 aromatic rings. The Morgan fingerprint density at radius 2 is 2.03 bits per heavy atom. The molecule has 2 aliphatic rings. The molecule has 1 aliphatic carbocycles. The van der Waals surface area contributed by atoms with Crippen molar-refractivity contribution in [2.45, 2.75) is 38.5 Å². The average Bonchev–Trinajstić information content (AvgIpc) is 3.45. The van der Waals surface area contributed by atoms with Gasteiger partial charge < -0.3 is 4.40 Å². The molecule has 0 spiro atoms. The van der Waals surface area contributed by atoms with Crippen LogP contribution < -0.4 is 9.44 Å². The molecule has 0 bridgehead atoms. The van der Waals surface area contributed by atoms with Gasteiger partial charge in [0.2, 0.25) is 0 Å². The van der Waals surface area contributed by atoms with Gasteiger partial charge in [0.15, 0.2) is 5.78 Å². The lowest BCUT2D eigenvalue weighted by Gasteiger charge is -2.24. The largest absolute Gasteiger partial charge is 0.306 e.